The maximum Gasteiger partial charge on any atom is 0.123 e. The quantitative estimate of drug-likeness (QED) is 0.715. The molecule has 1 saturated carbocycles. The highest BCUT2D eigenvalue weighted by atomic mass is 32.1. The SMILES string of the molecule is CCc1ccc(OCC2(CS)CCCC2)c(C(C)(C)C)c1. The highest BCUT2D eigenvalue weighted by molar-refractivity contribution is 7.80. The zero-order chi connectivity index (χ0) is 15.5. The molecule has 0 saturated heterocycles. The van der Waals surface area contributed by atoms with Gasteiger partial charge in [-0.2, -0.15) is 12.6 Å². The fourth-order valence-corrected chi connectivity index (χ4v) is 3.62. The standard InChI is InChI=1S/C19H30OS/c1-5-15-8-9-17(16(12-15)18(2,3)4)20-13-19(14-21)10-6-7-11-19/h8-9,12,21H,5-7,10-11,13-14H2,1-4H3. The minimum atomic E-state index is 0.115. The molecule has 21 heavy (non-hydrogen) atoms. The van der Waals surface area contributed by atoms with E-state index in [1.807, 2.05) is 0 Å². The molecule has 0 bridgehead atoms. The van der Waals surface area contributed by atoms with E-state index in [0.717, 1.165) is 24.5 Å². The van der Waals surface area contributed by atoms with Crippen LogP contribution in [-0.2, 0) is 11.8 Å². The van der Waals surface area contributed by atoms with Gasteiger partial charge < -0.3 is 4.74 Å². The number of benzene rings is 1. The molecule has 1 aromatic rings. The molecule has 1 nitrogen and oxygen atoms in total. The maximum absolute atomic E-state index is 6.29. The van der Waals surface area contributed by atoms with Crippen LogP contribution in [0.2, 0.25) is 0 Å². The highest BCUT2D eigenvalue weighted by Gasteiger charge is 2.33. The van der Waals surface area contributed by atoms with E-state index in [1.54, 1.807) is 0 Å². The number of rotatable bonds is 5. The Balaban J connectivity index is 2.19. The van der Waals surface area contributed by atoms with Crippen LogP contribution in [0.5, 0.6) is 5.75 Å². The van der Waals surface area contributed by atoms with Gasteiger partial charge in [-0.1, -0.05) is 52.7 Å². The van der Waals surface area contributed by atoms with Crippen molar-refractivity contribution in [2.24, 2.45) is 5.41 Å². The molecule has 1 aliphatic carbocycles. The van der Waals surface area contributed by atoms with Crippen LogP contribution in [0.3, 0.4) is 0 Å². The first kappa shape index (κ1) is 16.7. The summed E-state index contributed by atoms with van der Waals surface area (Å²) in [7, 11) is 0. The van der Waals surface area contributed by atoms with Gasteiger partial charge in [-0.15, -0.1) is 0 Å². The molecular formula is C19H30OS. The molecule has 0 atom stereocenters. The van der Waals surface area contributed by atoms with Crippen LogP contribution < -0.4 is 4.74 Å². The lowest BCUT2D eigenvalue weighted by Crippen LogP contribution is -2.28. The van der Waals surface area contributed by atoms with Gasteiger partial charge in [0.15, 0.2) is 0 Å². The molecule has 1 aromatic carbocycles. The van der Waals surface area contributed by atoms with Gasteiger partial charge in [0, 0.05) is 5.41 Å². The number of thiol groups is 1. The fraction of sp³-hybridized carbons (Fsp3) is 0.684. The van der Waals surface area contributed by atoms with E-state index in [1.165, 1.54) is 36.8 Å². The molecule has 0 spiro atoms. The Labute approximate surface area is 135 Å². The Hall–Kier alpha value is -0.630. The third kappa shape index (κ3) is 3.97. The van der Waals surface area contributed by atoms with E-state index < -0.39 is 0 Å². The van der Waals surface area contributed by atoms with Crippen LogP contribution in [0.15, 0.2) is 18.2 Å². The van der Waals surface area contributed by atoms with Crippen LogP contribution >= 0.6 is 12.6 Å². The zero-order valence-corrected chi connectivity index (χ0v) is 14.9. The number of hydrogen-bond acceptors (Lipinski definition) is 2. The van der Waals surface area contributed by atoms with Crippen molar-refractivity contribution in [3.05, 3.63) is 29.3 Å². The van der Waals surface area contributed by atoms with Gasteiger partial charge in [0.1, 0.15) is 5.75 Å². The Morgan fingerprint density at radius 3 is 2.38 bits per heavy atom. The van der Waals surface area contributed by atoms with E-state index in [2.05, 4.69) is 58.5 Å². The van der Waals surface area contributed by atoms with Crippen molar-refractivity contribution >= 4 is 12.6 Å². The van der Waals surface area contributed by atoms with Crippen LogP contribution in [0.4, 0.5) is 0 Å². The van der Waals surface area contributed by atoms with Crippen molar-refractivity contribution in [2.75, 3.05) is 12.4 Å². The zero-order valence-electron chi connectivity index (χ0n) is 14.0. The van der Waals surface area contributed by atoms with Gasteiger partial charge in [-0.3, -0.25) is 0 Å². The van der Waals surface area contributed by atoms with E-state index in [9.17, 15) is 0 Å². The lowest BCUT2D eigenvalue weighted by atomic mass is 9.85. The summed E-state index contributed by atoms with van der Waals surface area (Å²) in [6.07, 6.45) is 6.24. The molecule has 0 amide bonds. The van der Waals surface area contributed by atoms with E-state index in [4.69, 9.17) is 4.74 Å². The van der Waals surface area contributed by atoms with Crippen molar-refractivity contribution in [3.8, 4) is 5.75 Å². The minimum absolute atomic E-state index is 0.115. The van der Waals surface area contributed by atoms with Gasteiger partial charge in [0.05, 0.1) is 6.61 Å². The smallest absolute Gasteiger partial charge is 0.123 e. The maximum atomic E-state index is 6.29. The molecule has 1 fully saturated rings. The van der Waals surface area contributed by atoms with Gasteiger partial charge in [0.25, 0.3) is 0 Å². The largest absolute Gasteiger partial charge is 0.493 e. The van der Waals surface area contributed by atoms with Gasteiger partial charge >= 0.3 is 0 Å². The van der Waals surface area contributed by atoms with E-state index in [-0.39, 0.29) is 5.41 Å². The normalized spacial score (nSPS) is 18.0. The molecule has 2 heteroatoms. The molecule has 1 aliphatic rings. The third-order valence-corrected chi connectivity index (χ3v) is 5.46. The second-order valence-electron chi connectivity index (χ2n) is 7.59. The predicted molar refractivity (Wildman–Crippen MR) is 94.8 cm³/mol. The molecule has 2 rings (SSSR count). The summed E-state index contributed by atoms with van der Waals surface area (Å²) in [5, 5.41) is 0. The number of hydrogen-bond donors (Lipinski definition) is 1. The number of ether oxygens (including phenoxy) is 1. The van der Waals surface area contributed by atoms with Gasteiger partial charge in [0.2, 0.25) is 0 Å². The molecular weight excluding hydrogens is 276 g/mol. The summed E-state index contributed by atoms with van der Waals surface area (Å²) < 4.78 is 6.29. The average Bonchev–Trinajstić information content (AvgIpc) is 2.93. The summed E-state index contributed by atoms with van der Waals surface area (Å²) in [5.74, 6) is 2.00. The predicted octanol–water partition coefficient (Wildman–Crippen LogP) is 5.42. The summed E-state index contributed by atoms with van der Waals surface area (Å²) in [5.41, 5.74) is 3.12. The summed E-state index contributed by atoms with van der Waals surface area (Å²) in [6, 6.07) is 6.69. The molecule has 0 heterocycles. The van der Waals surface area contributed by atoms with Crippen molar-refractivity contribution in [1.82, 2.24) is 0 Å². The van der Waals surface area contributed by atoms with Crippen molar-refractivity contribution in [1.29, 1.82) is 0 Å². The summed E-state index contributed by atoms with van der Waals surface area (Å²) >= 11 is 4.58. The summed E-state index contributed by atoms with van der Waals surface area (Å²) in [6.45, 7) is 9.80. The van der Waals surface area contributed by atoms with Crippen LogP contribution in [0.25, 0.3) is 0 Å². The Bertz CT molecular complexity index is 467. The average molecular weight is 307 g/mol. The second-order valence-corrected chi connectivity index (χ2v) is 7.90. The molecule has 0 radical (unpaired) electrons. The molecule has 0 aromatic heterocycles. The van der Waals surface area contributed by atoms with Gasteiger partial charge in [-0.05, 0) is 47.6 Å². The lowest BCUT2D eigenvalue weighted by molar-refractivity contribution is 0.170. The summed E-state index contributed by atoms with van der Waals surface area (Å²) in [4.78, 5) is 0. The van der Waals surface area contributed by atoms with Crippen molar-refractivity contribution in [3.63, 3.8) is 0 Å². The van der Waals surface area contributed by atoms with Crippen LogP contribution in [0, 0.1) is 5.41 Å². The Morgan fingerprint density at radius 1 is 1.19 bits per heavy atom. The molecule has 0 unspecified atom stereocenters. The topological polar surface area (TPSA) is 9.23 Å². The Kier molecular flexibility index (Phi) is 5.29. The first-order valence-corrected chi connectivity index (χ1v) is 8.90. The second kappa shape index (κ2) is 6.64. The highest BCUT2D eigenvalue weighted by Crippen LogP contribution is 2.40. The molecule has 0 aliphatic heterocycles. The van der Waals surface area contributed by atoms with Crippen molar-refractivity contribution in [2.45, 2.75) is 65.2 Å². The molecule has 118 valence electrons. The first-order valence-electron chi connectivity index (χ1n) is 8.27. The van der Waals surface area contributed by atoms with Crippen LogP contribution in [-0.4, -0.2) is 12.4 Å². The first-order chi connectivity index (χ1) is 9.90. The Morgan fingerprint density at radius 2 is 1.86 bits per heavy atom. The lowest BCUT2D eigenvalue weighted by Gasteiger charge is -2.29. The van der Waals surface area contributed by atoms with Gasteiger partial charge in [-0.25, -0.2) is 0 Å². The fourth-order valence-electron chi connectivity index (χ4n) is 3.21. The van der Waals surface area contributed by atoms with E-state index in [0.29, 0.717) is 5.41 Å². The minimum Gasteiger partial charge on any atom is -0.493 e. The third-order valence-electron chi connectivity index (χ3n) is 4.79. The monoisotopic (exact) mass is 306 g/mol. The molecule has 0 N–H and O–H groups in total. The van der Waals surface area contributed by atoms with E-state index >= 15 is 0 Å². The van der Waals surface area contributed by atoms with Crippen LogP contribution in [0.1, 0.15) is 64.5 Å². The van der Waals surface area contributed by atoms with Crippen molar-refractivity contribution < 1.29 is 4.74 Å². The number of aryl methyl sites for hydroxylation is 1.